The maximum Gasteiger partial charge on any atom is 0.252 e. The van der Waals surface area contributed by atoms with E-state index in [-0.39, 0.29) is 0 Å². The van der Waals surface area contributed by atoms with Gasteiger partial charge >= 0.3 is 0 Å². The summed E-state index contributed by atoms with van der Waals surface area (Å²) in [4.78, 5) is 11.3. The highest BCUT2D eigenvalue weighted by Gasteiger charge is 2.08. The second-order valence-electron chi connectivity index (χ2n) is 2.60. The summed E-state index contributed by atoms with van der Waals surface area (Å²) in [5.41, 5.74) is 1.51. The maximum atomic E-state index is 11.3. The molecule has 1 aromatic carbocycles. The van der Waals surface area contributed by atoms with E-state index in [0.29, 0.717) is 12.1 Å². The molecule has 0 N–H and O–H groups in total. The third kappa shape index (κ3) is 2.92. The van der Waals surface area contributed by atoms with Crippen LogP contribution >= 0.6 is 7.77 Å². The lowest BCUT2D eigenvalue weighted by molar-refractivity contribution is -0.152. The Kier molecular flexibility index (Phi) is 4.10. The molecule has 0 aliphatic heterocycles. The fraction of sp³-hybridized carbons (Fsp3) is 0.300. The number of rotatable bonds is 3. The van der Waals surface area contributed by atoms with Crippen molar-refractivity contribution in [2.45, 2.75) is 6.92 Å². The van der Waals surface area contributed by atoms with Crippen LogP contribution in [0.25, 0.3) is 0 Å². The molecule has 0 radical (unpaired) electrons. The highest BCUT2D eigenvalue weighted by molar-refractivity contribution is 7.51. The molecular weight excluding hydrogens is 183 g/mol. The first-order valence-corrected chi connectivity index (χ1v) is 5.92. The van der Waals surface area contributed by atoms with Crippen molar-refractivity contribution in [3.63, 3.8) is 0 Å². The third-order valence-electron chi connectivity index (χ3n) is 1.59. The first kappa shape index (κ1) is 10.4. The fourth-order valence-electron chi connectivity index (χ4n) is 1.07. The molecule has 0 aromatic heterocycles. The predicted molar refractivity (Wildman–Crippen MR) is 55.0 cm³/mol. The number of benzene rings is 1. The molecule has 0 saturated heterocycles. The second kappa shape index (κ2) is 5.13. The van der Waals surface area contributed by atoms with Gasteiger partial charge < -0.3 is 9.63 Å². The van der Waals surface area contributed by atoms with Crippen molar-refractivity contribution >= 4 is 13.3 Å². The third-order valence-corrected chi connectivity index (χ3v) is 2.55. The summed E-state index contributed by atoms with van der Waals surface area (Å²) in [5.74, 6) is 0. The van der Waals surface area contributed by atoms with E-state index < -0.39 is 7.77 Å². The number of ether oxygens (including phenoxy) is 1. The Balaban J connectivity index is 2.97. The molecule has 0 fully saturated rings. The summed E-state index contributed by atoms with van der Waals surface area (Å²) in [6, 6.07) is 9.56. The minimum atomic E-state index is -1.40. The fourth-order valence-corrected chi connectivity index (χ4v) is 1.90. The summed E-state index contributed by atoms with van der Waals surface area (Å²) in [5, 5.41) is 0. The second-order valence-corrected chi connectivity index (χ2v) is 4.00. The first-order valence-electron chi connectivity index (χ1n) is 4.21. The zero-order valence-electron chi connectivity index (χ0n) is 7.86. The molecule has 0 amide bonds. The summed E-state index contributed by atoms with van der Waals surface area (Å²) < 4.78 is 5.32. The van der Waals surface area contributed by atoms with E-state index in [0.717, 1.165) is 5.56 Å². The Labute approximate surface area is 79.6 Å². The molecule has 1 aromatic rings. The van der Waals surface area contributed by atoms with E-state index in [4.69, 9.17) is 4.74 Å². The van der Waals surface area contributed by atoms with Gasteiger partial charge in [0, 0.05) is 5.56 Å². The van der Waals surface area contributed by atoms with Gasteiger partial charge in [-0.1, -0.05) is 18.2 Å². The van der Waals surface area contributed by atoms with Gasteiger partial charge in [-0.2, -0.15) is 0 Å². The van der Waals surface area contributed by atoms with Gasteiger partial charge in [0.15, 0.2) is 0 Å². The molecule has 0 bridgehead atoms. The molecule has 1 rings (SSSR count). The number of hydrogen-bond donors (Lipinski definition) is 0. The molecular formula is C10H13O2P. The lowest BCUT2D eigenvalue weighted by atomic mass is 10.2. The SMILES string of the molecule is CCOC(c1ccccc1)=[P+](C)[O-]. The summed E-state index contributed by atoms with van der Waals surface area (Å²) >= 11 is 0. The Hall–Kier alpha value is -0.690. The van der Waals surface area contributed by atoms with Gasteiger partial charge in [-0.3, -0.25) is 0 Å². The van der Waals surface area contributed by atoms with E-state index in [1.807, 2.05) is 37.3 Å². The van der Waals surface area contributed by atoms with Crippen LogP contribution in [-0.2, 0) is 4.74 Å². The van der Waals surface area contributed by atoms with Crippen LogP contribution in [0.1, 0.15) is 12.5 Å². The Bertz CT molecular complexity index is 289. The zero-order valence-corrected chi connectivity index (χ0v) is 8.75. The standard InChI is InChI=1S/C10H13O2P/c1-3-12-10(13(2)11)9-7-5-4-6-8-9/h4-8H,3H2,1-2H3. The van der Waals surface area contributed by atoms with Gasteiger partial charge in [0.2, 0.25) is 0 Å². The van der Waals surface area contributed by atoms with Crippen LogP contribution in [-0.4, -0.2) is 18.8 Å². The van der Waals surface area contributed by atoms with Gasteiger partial charge in [-0.15, -0.1) is 0 Å². The van der Waals surface area contributed by atoms with E-state index in [2.05, 4.69) is 0 Å². The van der Waals surface area contributed by atoms with E-state index >= 15 is 0 Å². The van der Waals surface area contributed by atoms with E-state index in [9.17, 15) is 4.89 Å². The van der Waals surface area contributed by atoms with Crippen molar-refractivity contribution in [1.82, 2.24) is 0 Å². The molecule has 13 heavy (non-hydrogen) atoms. The van der Waals surface area contributed by atoms with Crippen LogP contribution in [0.5, 0.6) is 0 Å². The molecule has 0 aliphatic rings. The highest BCUT2D eigenvalue weighted by Crippen LogP contribution is 2.15. The molecule has 0 spiro atoms. The average Bonchev–Trinajstić information content (AvgIpc) is 2.15. The van der Waals surface area contributed by atoms with Crippen LogP contribution < -0.4 is 4.89 Å². The minimum absolute atomic E-state index is 0.555. The minimum Gasteiger partial charge on any atom is -0.629 e. The molecule has 0 aliphatic carbocycles. The van der Waals surface area contributed by atoms with Crippen molar-refractivity contribution in [3.8, 4) is 0 Å². The van der Waals surface area contributed by atoms with Crippen molar-refractivity contribution in [1.29, 1.82) is 0 Å². The monoisotopic (exact) mass is 196 g/mol. The van der Waals surface area contributed by atoms with Gasteiger partial charge in [-0.25, -0.2) is 0 Å². The van der Waals surface area contributed by atoms with Gasteiger partial charge in [0.25, 0.3) is 5.48 Å². The van der Waals surface area contributed by atoms with E-state index in [1.54, 1.807) is 6.66 Å². The summed E-state index contributed by atoms with van der Waals surface area (Å²) in [6.45, 7) is 4.11. The Morgan fingerprint density at radius 1 is 1.38 bits per heavy atom. The van der Waals surface area contributed by atoms with Crippen LogP contribution in [0, 0.1) is 0 Å². The average molecular weight is 196 g/mol. The van der Waals surface area contributed by atoms with Gasteiger partial charge in [0.1, 0.15) is 0 Å². The maximum absolute atomic E-state index is 11.3. The summed E-state index contributed by atoms with van der Waals surface area (Å²) in [6.07, 6.45) is 0. The quantitative estimate of drug-likeness (QED) is 0.687. The Morgan fingerprint density at radius 2 is 2.00 bits per heavy atom. The van der Waals surface area contributed by atoms with Crippen molar-refractivity contribution < 1.29 is 9.63 Å². The smallest absolute Gasteiger partial charge is 0.252 e. The van der Waals surface area contributed by atoms with Crippen molar-refractivity contribution in [2.24, 2.45) is 0 Å². The van der Waals surface area contributed by atoms with Crippen LogP contribution in [0.4, 0.5) is 0 Å². The Morgan fingerprint density at radius 3 is 2.46 bits per heavy atom. The van der Waals surface area contributed by atoms with Crippen LogP contribution in [0.2, 0.25) is 0 Å². The van der Waals surface area contributed by atoms with Gasteiger partial charge in [-0.05, 0) is 19.1 Å². The molecule has 1 atom stereocenters. The molecule has 0 heterocycles. The molecule has 3 heteroatoms. The largest absolute Gasteiger partial charge is 0.629 e. The molecule has 1 unspecified atom stereocenters. The molecule has 0 saturated carbocycles. The predicted octanol–water partition coefficient (Wildman–Crippen LogP) is 1.59. The van der Waals surface area contributed by atoms with Crippen LogP contribution in [0.15, 0.2) is 30.3 Å². The van der Waals surface area contributed by atoms with Crippen molar-refractivity contribution in [3.05, 3.63) is 35.9 Å². The summed E-state index contributed by atoms with van der Waals surface area (Å²) in [7, 11) is -1.40. The lowest BCUT2D eigenvalue weighted by Gasteiger charge is -2.04. The lowest BCUT2D eigenvalue weighted by Crippen LogP contribution is -2.09. The van der Waals surface area contributed by atoms with E-state index in [1.165, 1.54) is 0 Å². The molecule has 2 nitrogen and oxygen atoms in total. The number of hydrogen-bond acceptors (Lipinski definition) is 2. The zero-order chi connectivity index (χ0) is 9.68. The van der Waals surface area contributed by atoms with Crippen molar-refractivity contribution in [2.75, 3.05) is 13.3 Å². The first-order chi connectivity index (χ1) is 6.25. The van der Waals surface area contributed by atoms with Crippen LogP contribution in [0.3, 0.4) is 0 Å². The normalized spacial score (nSPS) is 12.5. The molecule has 70 valence electrons. The highest BCUT2D eigenvalue weighted by atomic mass is 31.1. The topological polar surface area (TPSA) is 32.3 Å². The van der Waals surface area contributed by atoms with Gasteiger partial charge in [0.05, 0.1) is 21.0 Å².